The average molecular weight is 267 g/mol. The van der Waals surface area contributed by atoms with Crippen LogP contribution in [0, 0.1) is 18.3 Å². The molecule has 1 aliphatic rings. The molecule has 20 heavy (non-hydrogen) atoms. The van der Waals surface area contributed by atoms with Crippen molar-refractivity contribution >= 4 is 5.82 Å². The molecule has 102 valence electrons. The number of nitrogens with zero attached hydrogens (tertiary/aromatic N) is 5. The largest absolute Gasteiger partial charge is 0.351 e. The van der Waals surface area contributed by atoms with Crippen LogP contribution in [-0.4, -0.2) is 27.4 Å². The van der Waals surface area contributed by atoms with Gasteiger partial charge in [-0.25, -0.2) is 4.98 Å². The molecular weight excluding hydrogens is 250 g/mol. The molecule has 0 N–H and O–H groups in total. The van der Waals surface area contributed by atoms with Crippen molar-refractivity contribution in [2.75, 3.05) is 11.4 Å². The molecule has 0 saturated carbocycles. The minimum absolute atomic E-state index is 0.358. The van der Waals surface area contributed by atoms with E-state index >= 15 is 0 Å². The predicted octanol–water partition coefficient (Wildman–Crippen LogP) is 2.13. The Morgan fingerprint density at radius 1 is 1.50 bits per heavy atom. The maximum absolute atomic E-state index is 9.22. The van der Waals surface area contributed by atoms with Crippen LogP contribution < -0.4 is 4.90 Å². The van der Waals surface area contributed by atoms with E-state index in [1.54, 1.807) is 6.20 Å². The second kappa shape index (κ2) is 5.33. The zero-order valence-corrected chi connectivity index (χ0v) is 11.5. The van der Waals surface area contributed by atoms with Gasteiger partial charge in [0.1, 0.15) is 11.9 Å². The van der Waals surface area contributed by atoms with Crippen LogP contribution in [0.2, 0.25) is 0 Å². The lowest BCUT2D eigenvalue weighted by Crippen LogP contribution is -2.34. The minimum Gasteiger partial charge on any atom is -0.351 e. The fourth-order valence-corrected chi connectivity index (χ4v) is 2.80. The van der Waals surface area contributed by atoms with Crippen molar-refractivity contribution in [3.63, 3.8) is 0 Å². The zero-order chi connectivity index (χ0) is 13.9. The average Bonchev–Trinajstić information content (AvgIpc) is 3.08. The highest BCUT2D eigenvalue weighted by Gasteiger charge is 2.27. The maximum atomic E-state index is 9.22. The van der Waals surface area contributed by atoms with Gasteiger partial charge in [-0.2, -0.15) is 10.4 Å². The summed E-state index contributed by atoms with van der Waals surface area (Å²) in [6.07, 6.45) is 7.93. The Morgan fingerprint density at radius 2 is 2.40 bits per heavy atom. The Morgan fingerprint density at radius 3 is 3.15 bits per heavy atom. The Kier molecular flexibility index (Phi) is 3.38. The van der Waals surface area contributed by atoms with Crippen LogP contribution in [0.5, 0.6) is 0 Å². The summed E-state index contributed by atoms with van der Waals surface area (Å²) in [5.74, 6) is 0.807. The van der Waals surface area contributed by atoms with Crippen molar-refractivity contribution in [1.29, 1.82) is 5.26 Å². The highest BCUT2D eigenvalue weighted by atomic mass is 15.3. The minimum atomic E-state index is 0.358. The molecule has 0 amide bonds. The van der Waals surface area contributed by atoms with Crippen LogP contribution in [0.25, 0.3) is 0 Å². The van der Waals surface area contributed by atoms with Crippen LogP contribution in [0.3, 0.4) is 0 Å². The first-order chi connectivity index (χ1) is 9.78. The van der Waals surface area contributed by atoms with E-state index in [1.165, 1.54) is 5.56 Å². The van der Waals surface area contributed by atoms with E-state index in [0.29, 0.717) is 11.6 Å². The molecule has 1 saturated heterocycles. The lowest BCUT2D eigenvalue weighted by molar-refractivity contribution is 0.507. The van der Waals surface area contributed by atoms with E-state index in [9.17, 15) is 5.26 Å². The Hall–Kier alpha value is -2.35. The molecule has 0 radical (unpaired) electrons. The van der Waals surface area contributed by atoms with Crippen molar-refractivity contribution in [1.82, 2.24) is 14.8 Å². The molecular formula is C15H17N5. The summed E-state index contributed by atoms with van der Waals surface area (Å²) in [7, 11) is 0. The Balaban J connectivity index is 1.84. The highest BCUT2D eigenvalue weighted by molar-refractivity contribution is 5.54. The van der Waals surface area contributed by atoms with E-state index in [4.69, 9.17) is 0 Å². The third-order valence-corrected chi connectivity index (χ3v) is 3.72. The lowest BCUT2D eigenvalue weighted by atomic mass is 10.2. The standard InChI is InChI=1S/C15H17N5/c1-12-9-18-19(10-12)11-14-5-3-7-20(14)15-13(8-16)4-2-6-17-15/h2,4,6,9-10,14H,3,5,7,11H2,1H3/t14-/m1/s1. The number of hydrogen-bond acceptors (Lipinski definition) is 4. The quantitative estimate of drug-likeness (QED) is 0.854. The molecule has 0 aliphatic carbocycles. The van der Waals surface area contributed by atoms with Gasteiger partial charge in [-0.15, -0.1) is 0 Å². The SMILES string of the molecule is Cc1cnn(C[C@H]2CCCN2c2ncccc2C#N)c1. The van der Waals surface area contributed by atoms with Gasteiger partial charge in [0.2, 0.25) is 0 Å². The van der Waals surface area contributed by atoms with Gasteiger partial charge in [-0.05, 0) is 37.5 Å². The van der Waals surface area contributed by atoms with Gasteiger partial charge in [0.05, 0.1) is 24.3 Å². The molecule has 5 nitrogen and oxygen atoms in total. The normalized spacial score (nSPS) is 18.2. The van der Waals surface area contributed by atoms with Gasteiger partial charge in [0, 0.05) is 18.9 Å². The first-order valence-electron chi connectivity index (χ1n) is 6.89. The van der Waals surface area contributed by atoms with E-state index < -0.39 is 0 Å². The first-order valence-corrected chi connectivity index (χ1v) is 6.89. The summed E-state index contributed by atoms with van der Waals surface area (Å²) in [6.45, 7) is 3.84. The van der Waals surface area contributed by atoms with Crippen LogP contribution >= 0.6 is 0 Å². The number of aromatic nitrogens is 3. The summed E-state index contributed by atoms with van der Waals surface area (Å²) < 4.78 is 1.98. The van der Waals surface area contributed by atoms with Crippen molar-refractivity contribution in [2.24, 2.45) is 0 Å². The molecule has 2 aromatic rings. The fraction of sp³-hybridized carbons (Fsp3) is 0.400. The maximum Gasteiger partial charge on any atom is 0.146 e. The monoisotopic (exact) mass is 267 g/mol. The fourth-order valence-electron chi connectivity index (χ4n) is 2.80. The van der Waals surface area contributed by atoms with Gasteiger partial charge < -0.3 is 4.90 Å². The molecule has 1 fully saturated rings. The third kappa shape index (κ3) is 2.37. The second-order valence-corrected chi connectivity index (χ2v) is 5.22. The Labute approximate surface area is 118 Å². The molecule has 3 rings (SSSR count). The molecule has 0 bridgehead atoms. The number of anilines is 1. The number of pyridine rings is 1. The predicted molar refractivity (Wildman–Crippen MR) is 76.3 cm³/mol. The topological polar surface area (TPSA) is 57.7 Å². The smallest absolute Gasteiger partial charge is 0.146 e. The highest BCUT2D eigenvalue weighted by Crippen LogP contribution is 2.27. The van der Waals surface area contributed by atoms with Crippen molar-refractivity contribution < 1.29 is 0 Å². The number of aryl methyl sites for hydroxylation is 1. The number of hydrogen-bond donors (Lipinski definition) is 0. The molecule has 0 unspecified atom stereocenters. The van der Waals surface area contributed by atoms with E-state index in [0.717, 1.165) is 31.7 Å². The van der Waals surface area contributed by atoms with Gasteiger partial charge in [-0.3, -0.25) is 4.68 Å². The third-order valence-electron chi connectivity index (χ3n) is 3.72. The summed E-state index contributed by atoms with van der Waals surface area (Å²) in [4.78, 5) is 6.65. The van der Waals surface area contributed by atoms with Gasteiger partial charge in [0.25, 0.3) is 0 Å². The van der Waals surface area contributed by atoms with E-state index in [2.05, 4.69) is 27.2 Å². The van der Waals surface area contributed by atoms with Gasteiger partial charge >= 0.3 is 0 Å². The van der Waals surface area contributed by atoms with Crippen LogP contribution in [0.15, 0.2) is 30.7 Å². The van der Waals surface area contributed by atoms with Crippen LogP contribution in [0.1, 0.15) is 24.0 Å². The van der Waals surface area contributed by atoms with Crippen molar-refractivity contribution in [3.05, 3.63) is 41.9 Å². The lowest BCUT2D eigenvalue weighted by Gasteiger charge is -2.26. The molecule has 3 heterocycles. The molecule has 1 atom stereocenters. The van der Waals surface area contributed by atoms with E-state index in [1.807, 2.05) is 29.9 Å². The van der Waals surface area contributed by atoms with Crippen molar-refractivity contribution in [3.8, 4) is 6.07 Å². The molecule has 0 spiro atoms. The molecule has 2 aromatic heterocycles. The van der Waals surface area contributed by atoms with Gasteiger partial charge in [0.15, 0.2) is 0 Å². The summed E-state index contributed by atoms with van der Waals surface area (Å²) >= 11 is 0. The number of nitriles is 1. The van der Waals surface area contributed by atoms with Crippen molar-refractivity contribution in [2.45, 2.75) is 32.4 Å². The second-order valence-electron chi connectivity index (χ2n) is 5.22. The molecule has 5 heteroatoms. The Bertz CT molecular complexity index is 640. The van der Waals surface area contributed by atoms with Crippen LogP contribution in [-0.2, 0) is 6.54 Å². The van der Waals surface area contributed by atoms with Crippen LogP contribution in [0.4, 0.5) is 5.82 Å². The summed E-state index contributed by atoms with van der Waals surface area (Å²) in [6, 6.07) is 6.23. The van der Waals surface area contributed by atoms with E-state index in [-0.39, 0.29) is 0 Å². The first kappa shape index (κ1) is 12.7. The molecule has 0 aromatic carbocycles. The molecule has 1 aliphatic heterocycles. The summed E-state index contributed by atoms with van der Waals surface area (Å²) in [5.41, 5.74) is 1.82. The van der Waals surface area contributed by atoms with Gasteiger partial charge in [-0.1, -0.05) is 0 Å². The zero-order valence-electron chi connectivity index (χ0n) is 11.5. The summed E-state index contributed by atoms with van der Waals surface area (Å²) in [5, 5.41) is 13.6. The number of rotatable bonds is 3.